The van der Waals surface area contributed by atoms with Gasteiger partial charge in [0.25, 0.3) is 0 Å². The predicted octanol–water partition coefficient (Wildman–Crippen LogP) is 3.82. The summed E-state index contributed by atoms with van der Waals surface area (Å²) < 4.78 is 0. The topological polar surface area (TPSA) is 55.7 Å². The molecule has 5 heteroatoms. The average Bonchev–Trinajstić information content (AvgIpc) is 2.62. The van der Waals surface area contributed by atoms with E-state index in [4.69, 9.17) is 16.4 Å². The number of allylic oxidation sites excluding steroid dienone is 4. The van der Waals surface area contributed by atoms with Crippen LogP contribution in [-0.2, 0) is 9.63 Å². The number of hydrogen-bond acceptors (Lipinski definition) is 4. The Hall–Kier alpha value is -2.20. The Bertz CT molecular complexity index is 778. The number of oxime groups is 1. The molecule has 1 fully saturated rings. The van der Waals surface area contributed by atoms with Gasteiger partial charge in [-0.15, -0.1) is 0 Å². The number of nitrogens with zero attached hydrogens (tertiary/aromatic N) is 1. The molecule has 0 spiro atoms. The third-order valence-corrected chi connectivity index (χ3v) is 5.40. The first-order chi connectivity index (χ1) is 11.6. The molecule has 1 aromatic carbocycles. The van der Waals surface area contributed by atoms with Crippen molar-refractivity contribution in [1.82, 2.24) is 0 Å². The average molecular weight is 342 g/mol. The van der Waals surface area contributed by atoms with Gasteiger partial charge in [0.05, 0.1) is 11.3 Å². The van der Waals surface area contributed by atoms with Crippen LogP contribution in [0.15, 0.2) is 53.7 Å². The normalized spacial score (nSPS) is 32.0. The molecule has 0 aliphatic heterocycles. The van der Waals surface area contributed by atoms with Crippen LogP contribution in [-0.4, -0.2) is 17.5 Å². The van der Waals surface area contributed by atoms with Crippen molar-refractivity contribution in [2.45, 2.75) is 12.8 Å². The molecule has 4 aliphatic rings. The van der Waals surface area contributed by atoms with Crippen LogP contribution in [0, 0.1) is 23.7 Å². The molecule has 1 saturated carbocycles. The van der Waals surface area contributed by atoms with Crippen molar-refractivity contribution in [3.63, 3.8) is 0 Å². The first-order valence-electron chi connectivity index (χ1n) is 8.08. The van der Waals surface area contributed by atoms with E-state index in [1.807, 2.05) is 0 Å². The van der Waals surface area contributed by atoms with Gasteiger partial charge < -0.3 is 4.84 Å². The Kier molecular flexibility index (Phi) is 3.85. The molecule has 0 amide bonds. The highest BCUT2D eigenvalue weighted by atomic mass is 35.5. The molecule has 4 nitrogen and oxygen atoms in total. The summed E-state index contributed by atoms with van der Waals surface area (Å²) in [5.41, 5.74) is 1.07. The lowest BCUT2D eigenvalue weighted by molar-refractivity contribution is -0.122. The van der Waals surface area contributed by atoms with Gasteiger partial charge in [-0.25, -0.2) is 4.79 Å². The summed E-state index contributed by atoms with van der Waals surface area (Å²) in [6, 6.07) is 6.45. The second kappa shape index (κ2) is 6.02. The Morgan fingerprint density at radius 3 is 2.38 bits per heavy atom. The van der Waals surface area contributed by atoms with Crippen LogP contribution < -0.4 is 0 Å². The molecular weight excluding hydrogens is 326 g/mol. The Balaban J connectivity index is 1.57. The molecule has 0 N–H and O–H groups in total. The number of rotatable bonds is 2. The van der Waals surface area contributed by atoms with E-state index in [-0.39, 0.29) is 23.5 Å². The van der Waals surface area contributed by atoms with Crippen LogP contribution in [0.3, 0.4) is 0 Å². The summed E-state index contributed by atoms with van der Waals surface area (Å²) in [6.45, 7) is 0. The third-order valence-electron chi connectivity index (χ3n) is 5.15. The molecule has 0 radical (unpaired) electrons. The Morgan fingerprint density at radius 2 is 1.71 bits per heavy atom. The highest BCUT2D eigenvalue weighted by Crippen LogP contribution is 2.47. The van der Waals surface area contributed by atoms with E-state index >= 15 is 0 Å². The molecule has 24 heavy (non-hydrogen) atoms. The molecule has 5 rings (SSSR count). The van der Waals surface area contributed by atoms with E-state index in [0.29, 0.717) is 22.2 Å². The van der Waals surface area contributed by atoms with Gasteiger partial charge in [0.2, 0.25) is 0 Å². The van der Waals surface area contributed by atoms with Crippen molar-refractivity contribution in [3.05, 3.63) is 59.2 Å². The van der Waals surface area contributed by atoms with Gasteiger partial charge >= 0.3 is 5.97 Å². The summed E-state index contributed by atoms with van der Waals surface area (Å²) >= 11 is 5.81. The molecular formula is C19H16ClNO3. The van der Waals surface area contributed by atoms with Gasteiger partial charge in [0.15, 0.2) is 5.78 Å². The fourth-order valence-electron chi connectivity index (χ4n) is 4.00. The number of ketones is 1. The Labute approximate surface area is 144 Å². The summed E-state index contributed by atoms with van der Waals surface area (Å²) in [5.74, 6) is 0.145. The van der Waals surface area contributed by atoms with Crippen molar-refractivity contribution >= 4 is 29.1 Å². The van der Waals surface area contributed by atoms with E-state index in [2.05, 4.69) is 17.3 Å². The molecule has 0 unspecified atom stereocenters. The fraction of sp³-hybridized carbons (Fsp3) is 0.316. The van der Waals surface area contributed by atoms with E-state index in [1.54, 1.807) is 36.4 Å². The number of benzene rings is 1. The fourth-order valence-corrected chi connectivity index (χ4v) is 4.13. The smallest absolute Gasteiger partial charge is 0.313 e. The summed E-state index contributed by atoms with van der Waals surface area (Å²) in [4.78, 5) is 29.5. The number of hydrogen-bond donors (Lipinski definition) is 0. The van der Waals surface area contributed by atoms with E-state index in [9.17, 15) is 9.59 Å². The van der Waals surface area contributed by atoms with Gasteiger partial charge in [-0.05, 0) is 61.1 Å². The van der Waals surface area contributed by atoms with Gasteiger partial charge in [0.1, 0.15) is 0 Å². The van der Waals surface area contributed by atoms with E-state index in [0.717, 1.165) is 12.8 Å². The quantitative estimate of drug-likeness (QED) is 0.467. The van der Waals surface area contributed by atoms with Crippen LogP contribution in [0.5, 0.6) is 0 Å². The Morgan fingerprint density at radius 1 is 1.04 bits per heavy atom. The molecule has 0 heterocycles. The monoisotopic (exact) mass is 341 g/mol. The molecule has 122 valence electrons. The minimum Gasteiger partial charge on any atom is -0.313 e. The largest absolute Gasteiger partial charge is 0.365 e. The van der Waals surface area contributed by atoms with Crippen molar-refractivity contribution in [3.8, 4) is 0 Å². The zero-order valence-electron chi connectivity index (χ0n) is 12.9. The van der Waals surface area contributed by atoms with Gasteiger partial charge in [-0.3, -0.25) is 4.79 Å². The van der Waals surface area contributed by atoms with Crippen molar-refractivity contribution < 1.29 is 14.4 Å². The second-order valence-electron chi connectivity index (χ2n) is 6.48. The molecule has 4 aliphatic carbocycles. The first kappa shape index (κ1) is 15.3. The lowest BCUT2D eigenvalue weighted by Gasteiger charge is -2.45. The molecule has 4 atom stereocenters. The van der Waals surface area contributed by atoms with Crippen molar-refractivity contribution in [2.24, 2.45) is 28.8 Å². The predicted molar refractivity (Wildman–Crippen MR) is 90.8 cm³/mol. The number of carbonyl (C=O) groups is 2. The highest BCUT2D eigenvalue weighted by molar-refractivity contribution is 6.30. The lowest BCUT2D eigenvalue weighted by atomic mass is 9.58. The zero-order valence-corrected chi connectivity index (χ0v) is 13.6. The zero-order chi connectivity index (χ0) is 16.7. The molecule has 0 saturated heterocycles. The summed E-state index contributed by atoms with van der Waals surface area (Å²) in [7, 11) is 0. The maximum absolute atomic E-state index is 12.3. The van der Waals surface area contributed by atoms with Crippen LogP contribution in [0.4, 0.5) is 0 Å². The molecule has 0 aromatic heterocycles. The van der Waals surface area contributed by atoms with E-state index < -0.39 is 5.97 Å². The van der Waals surface area contributed by atoms with Gasteiger partial charge in [0, 0.05) is 16.9 Å². The van der Waals surface area contributed by atoms with Crippen LogP contribution in [0.1, 0.15) is 23.2 Å². The standard InChI is InChI=1S/C19H16ClNO3/c20-14-7-5-13(6-8-14)19(23)24-21-15-9-10-16(22)18-12-3-1-11(2-4-12)17(15)18/h1,3,5-12,17-18H,2,4H2/b21-15+/t11-,12+,17-,18+/m0/s1. The number of halogens is 1. The second-order valence-corrected chi connectivity index (χ2v) is 6.92. The highest BCUT2D eigenvalue weighted by Gasteiger charge is 2.47. The minimum atomic E-state index is -0.530. The summed E-state index contributed by atoms with van der Waals surface area (Å²) in [6.07, 6.45) is 9.67. The minimum absolute atomic E-state index is 0.0178. The maximum atomic E-state index is 12.3. The number of fused-ring (bicyclic) bond motifs is 1. The van der Waals surface area contributed by atoms with Gasteiger partial charge in [-0.1, -0.05) is 28.9 Å². The van der Waals surface area contributed by atoms with Crippen LogP contribution in [0.2, 0.25) is 5.02 Å². The van der Waals surface area contributed by atoms with Crippen molar-refractivity contribution in [1.29, 1.82) is 0 Å². The first-order valence-corrected chi connectivity index (χ1v) is 8.46. The van der Waals surface area contributed by atoms with Crippen LogP contribution >= 0.6 is 11.6 Å². The molecule has 2 bridgehead atoms. The molecule has 1 aromatic rings. The number of carbonyl (C=O) groups excluding carboxylic acids is 2. The SMILES string of the molecule is O=C(O/N=C1\C=CC(=O)[C@@H]2[C@H]1[C@H]1C=C[C@@H]2CC1)c1ccc(Cl)cc1. The summed E-state index contributed by atoms with van der Waals surface area (Å²) in [5, 5.41) is 4.64. The maximum Gasteiger partial charge on any atom is 0.365 e. The lowest BCUT2D eigenvalue weighted by Crippen LogP contribution is -2.46. The third kappa shape index (κ3) is 2.61. The van der Waals surface area contributed by atoms with Crippen LogP contribution in [0.25, 0.3) is 0 Å². The van der Waals surface area contributed by atoms with E-state index in [1.165, 1.54) is 0 Å². The van der Waals surface area contributed by atoms with Gasteiger partial charge in [-0.2, -0.15) is 0 Å². The van der Waals surface area contributed by atoms with Crippen molar-refractivity contribution in [2.75, 3.05) is 0 Å².